The summed E-state index contributed by atoms with van der Waals surface area (Å²) in [5.41, 5.74) is 0. The molecule has 15 heavy (non-hydrogen) atoms. The molecule has 0 saturated heterocycles. The van der Waals surface area contributed by atoms with E-state index in [2.05, 4.69) is 16.0 Å². The molecule has 0 spiro atoms. The van der Waals surface area contributed by atoms with E-state index in [4.69, 9.17) is 5.11 Å². The zero-order chi connectivity index (χ0) is 11.7. The zero-order valence-electron chi connectivity index (χ0n) is 8.50. The average molecular weight is 217 g/mol. The maximum Gasteiger partial charge on any atom is 0.322 e. The van der Waals surface area contributed by atoms with Crippen LogP contribution < -0.4 is 16.0 Å². The molecule has 0 aliphatic rings. The number of carboxylic acids is 1. The molecule has 86 valence electrons. The quantitative estimate of drug-likeness (QED) is 0.391. The van der Waals surface area contributed by atoms with Crippen molar-refractivity contribution in [2.24, 2.45) is 0 Å². The Morgan fingerprint density at radius 1 is 1.00 bits per heavy atom. The Bertz CT molecular complexity index is 242. The molecule has 0 aliphatic heterocycles. The van der Waals surface area contributed by atoms with Crippen LogP contribution in [0.4, 0.5) is 0 Å². The van der Waals surface area contributed by atoms with Gasteiger partial charge in [0.1, 0.15) is 6.54 Å². The van der Waals surface area contributed by atoms with Crippen LogP contribution in [0, 0.1) is 0 Å². The van der Waals surface area contributed by atoms with Crippen LogP contribution in [0.3, 0.4) is 0 Å². The molecule has 0 radical (unpaired) electrons. The summed E-state index contributed by atoms with van der Waals surface area (Å²) >= 11 is 0. The van der Waals surface area contributed by atoms with Crippen molar-refractivity contribution in [3.05, 3.63) is 0 Å². The summed E-state index contributed by atoms with van der Waals surface area (Å²) in [4.78, 5) is 32.0. The molecule has 0 unspecified atom stereocenters. The Hall–Kier alpha value is -1.63. The first-order chi connectivity index (χ1) is 7.06. The lowest BCUT2D eigenvalue weighted by Gasteiger charge is -2.05. The molecule has 0 rings (SSSR count). The predicted octanol–water partition coefficient (Wildman–Crippen LogP) is -2.09. The Kier molecular flexibility index (Phi) is 6.90. The van der Waals surface area contributed by atoms with Gasteiger partial charge in [0.2, 0.25) is 11.8 Å². The Morgan fingerprint density at radius 2 is 1.53 bits per heavy atom. The molecular formula is C8H15N3O4. The lowest BCUT2D eigenvalue weighted by atomic mass is 10.5. The fourth-order valence-corrected chi connectivity index (χ4v) is 0.717. The molecule has 0 aliphatic carbocycles. The lowest BCUT2D eigenvalue weighted by Crippen LogP contribution is -2.41. The number of hydrogen-bond donors (Lipinski definition) is 4. The number of carbonyl (C=O) groups excluding carboxylic acids is 2. The van der Waals surface area contributed by atoms with Gasteiger partial charge >= 0.3 is 5.97 Å². The van der Waals surface area contributed by atoms with Crippen molar-refractivity contribution in [2.45, 2.75) is 6.92 Å². The summed E-state index contributed by atoms with van der Waals surface area (Å²) in [6.45, 7) is 2.01. The Morgan fingerprint density at radius 3 is 2.07 bits per heavy atom. The average Bonchev–Trinajstić information content (AvgIpc) is 2.20. The topological polar surface area (TPSA) is 108 Å². The van der Waals surface area contributed by atoms with Crippen molar-refractivity contribution in [3.8, 4) is 0 Å². The maximum absolute atomic E-state index is 11.0. The standard InChI is InChI=1S/C8H15N3O4/c1-2-9-3-6(12)10-4-7(13)11-5-8(14)15/h9H,2-5H2,1H3,(H,10,12)(H,11,13)(H,14,15). The van der Waals surface area contributed by atoms with E-state index in [1.807, 2.05) is 6.92 Å². The number of rotatable bonds is 7. The van der Waals surface area contributed by atoms with Gasteiger partial charge < -0.3 is 21.1 Å². The van der Waals surface area contributed by atoms with Crippen LogP contribution in [0.5, 0.6) is 0 Å². The molecule has 7 nitrogen and oxygen atoms in total. The molecule has 2 amide bonds. The van der Waals surface area contributed by atoms with Gasteiger partial charge in [0.05, 0.1) is 13.1 Å². The highest BCUT2D eigenvalue weighted by Crippen LogP contribution is 1.68. The van der Waals surface area contributed by atoms with E-state index < -0.39 is 18.4 Å². The maximum atomic E-state index is 11.0. The monoisotopic (exact) mass is 217 g/mol. The Labute approximate surface area is 87.2 Å². The largest absolute Gasteiger partial charge is 0.480 e. The van der Waals surface area contributed by atoms with E-state index in [0.717, 1.165) is 0 Å². The smallest absolute Gasteiger partial charge is 0.322 e. The highest BCUT2D eigenvalue weighted by Gasteiger charge is 2.05. The first-order valence-corrected chi connectivity index (χ1v) is 4.52. The summed E-state index contributed by atoms with van der Waals surface area (Å²) in [7, 11) is 0. The van der Waals surface area contributed by atoms with Crippen LogP contribution >= 0.6 is 0 Å². The van der Waals surface area contributed by atoms with E-state index in [-0.39, 0.29) is 19.0 Å². The van der Waals surface area contributed by atoms with Gasteiger partial charge in [-0.15, -0.1) is 0 Å². The highest BCUT2D eigenvalue weighted by atomic mass is 16.4. The van der Waals surface area contributed by atoms with Gasteiger partial charge in [0, 0.05) is 0 Å². The number of hydrogen-bond acceptors (Lipinski definition) is 4. The van der Waals surface area contributed by atoms with Gasteiger partial charge in [-0.05, 0) is 6.54 Å². The van der Waals surface area contributed by atoms with Crippen LogP contribution in [0.15, 0.2) is 0 Å². The van der Waals surface area contributed by atoms with Crippen LogP contribution in [-0.2, 0) is 14.4 Å². The summed E-state index contributed by atoms with van der Waals surface area (Å²) < 4.78 is 0. The minimum Gasteiger partial charge on any atom is -0.480 e. The predicted molar refractivity (Wildman–Crippen MR) is 52.2 cm³/mol. The number of amides is 2. The molecule has 0 atom stereocenters. The van der Waals surface area contributed by atoms with Gasteiger partial charge in [-0.1, -0.05) is 6.92 Å². The highest BCUT2D eigenvalue weighted by molar-refractivity contribution is 5.87. The zero-order valence-corrected chi connectivity index (χ0v) is 8.50. The number of likely N-dealkylation sites (N-methyl/N-ethyl adjacent to an activating group) is 1. The third-order valence-corrected chi connectivity index (χ3v) is 1.42. The van der Waals surface area contributed by atoms with Crippen LogP contribution in [-0.4, -0.2) is 49.1 Å². The minimum atomic E-state index is -1.12. The minimum absolute atomic E-state index is 0.142. The van der Waals surface area contributed by atoms with Crippen molar-refractivity contribution in [1.29, 1.82) is 0 Å². The van der Waals surface area contributed by atoms with Gasteiger partial charge in [0.25, 0.3) is 0 Å². The second-order valence-electron chi connectivity index (χ2n) is 2.73. The first-order valence-electron chi connectivity index (χ1n) is 4.52. The molecular weight excluding hydrogens is 202 g/mol. The SMILES string of the molecule is CCNCC(=O)NCC(=O)NCC(=O)O. The van der Waals surface area contributed by atoms with Gasteiger partial charge in [-0.2, -0.15) is 0 Å². The lowest BCUT2D eigenvalue weighted by molar-refractivity contribution is -0.137. The number of carboxylic acid groups (broad SMARTS) is 1. The van der Waals surface area contributed by atoms with Crippen LogP contribution in [0.1, 0.15) is 6.92 Å². The van der Waals surface area contributed by atoms with E-state index in [0.29, 0.717) is 6.54 Å². The Balaban J connectivity index is 3.53. The number of nitrogens with one attached hydrogen (secondary N) is 3. The van der Waals surface area contributed by atoms with E-state index in [1.165, 1.54) is 0 Å². The molecule has 0 saturated carbocycles. The second kappa shape index (κ2) is 7.74. The third-order valence-electron chi connectivity index (χ3n) is 1.42. The van der Waals surface area contributed by atoms with Gasteiger partial charge in [-0.3, -0.25) is 14.4 Å². The fourth-order valence-electron chi connectivity index (χ4n) is 0.717. The first kappa shape index (κ1) is 13.4. The van der Waals surface area contributed by atoms with Crippen molar-refractivity contribution < 1.29 is 19.5 Å². The number of aliphatic carboxylic acids is 1. The van der Waals surface area contributed by atoms with Crippen LogP contribution in [0.2, 0.25) is 0 Å². The van der Waals surface area contributed by atoms with E-state index in [1.54, 1.807) is 0 Å². The molecule has 7 heteroatoms. The van der Waals surface area contributed by atoms with Crippen molar-refractivity contribution in [2.75, 3.05) is 26.2 Å². The van der Waals surface area contributed by atoms with Crippen molar-refractivity contribution in [1.82, 2.24) is 16.0 Å². The van der Waals surface area contributed by atoms with Gasteiger partial charge in [0.15, 0.2) is 0 Å². The molecule has 0 fully saturated rings. The summed E-state index contributed by atoms with van der Waals surface area (Å²) in [6, 6.07) is 0. The normalized spacial score (nSPS) is 9.40. The number of carbonyl (C=O) groups is 3. The molecule has 0 heterocycles. The van der Waals surface area contributed by atoms with Gasteiger partial charge in [-0.25, -0.2) is 0 Å². The molecule has 0 aromatic heterocycles. The van der Waals surface area contributed by atoms with Crippen LogP contribution in [0.25, 0.3) is 0 Å². The molecule has 0 aromatic rings. The van der Waals surface area contributed by atoms with E-state index in [9.17, 15) is 14.4 Å². The fraction of sp³-hybridized carbons (Fsp3) is 0.625. The summed E-state index contributed by atoms with van der Waals surface area (Å²) in [5, 5.41) is 15.5. The van der Waals surface area contributed by atoms with E-state index >= 15 is 0 Å². The van der Waals surface area contributed by atoms with Crippen molar-refractivity contribution >= 4 is 17.8 Å². The molecule has 4 N–H and O–H groups in total. The molecule has 0 aromatic carbocycles. The third kappa shape index (κ3) is 8.69. The summed E-state index contributed by atoms with van der Waals surface area (Å²) in [5.74, 6) is -1.95. The molecule has 0 bridgehead atoms. The van der Waals surface area contributed by atoms with Crippen molar-refractivity contribution in [3.63, 3.8) is 0 Å². The summed E-state index contributed by atoms with van der Waals surface area (Å²) in [6.07, 6.45) is 0. The second-order valence-corrected chi connectivity index (χ2v) is 2.73.